The number of aliphatic hydroxyl groups excluding tert-OH is 1. The molecule has 100 valence electrons. The Morgan fingerprint density at radius 3 is 2.89 bits per heavy atom. The van der Waals surface area contributed by atoms with Gasteiger partial charge in [0.25, 0.3) is 5.56 Å². The summed E-state index contributed by atoms with van der Waals surface area (Å²) < 4.78 is 1.64. The van der Waals surface area contributed by atoms with Gasteiger partial charge in [0.15, 0.2) is 0 Å². The van der Waals surface area contributed by atoms with Crippen molar-refractivity contribution in [2.45, 2.75) is 25.5 Å². The second-order valence-electron chi connectivity index (χ2n) is 5.25. The SMILES string of the molecule is CN(CCn1cc(N)ccc1=O)CC1CC(O)C1. The summed E-state index contributed by atoms with van der Waals surface area (Å²) in [7, 11) is 2.04. The Balaban J connectivity index is 1.80. The van der Waals surface area contributed by atoms with E-state index in [9.17, 15) is 9.90 Å². The van der Waals surface area contributed by atoms with Crippen molar-refractivity contribution in [1.82, 2.24) is 9.47 Å². The van der Waals surface area contributed by atoms with Gasteiger partial charge in [0.1, 0.15) is 0 Å². The third kappa shape index (κ3) is 3.34. The van der Waals surface area contributed by atoms with E-state index in [1.54, 1.807) is 16.8 Å². The molecule has 0 atom stereocenters. The third-order valence-electron chi connectivity index (χ3n) is 3.51. The van der Waals surface area contributed by atoms with E-state index >= 15 is 0 Å². The molecule has 3 N–H and O–H groups in total. The number of hydrogen-bond donors (Lipinski definition) is 2. The van der Waals surface area contributed by atoms with Crippen molar-refractivity contribution in [3.63, 3.8) is 0 Å². The highest BCUT2D eigenvalue weighted by Gasteiger charge is 2.27. The van der Waals surface area contributed by atoms with Gasteiger partial charge in [0, 0.05) is 37.6 Å². The molecule has 1 aliphatic rings. The lowest BCUT2D eigenvalue weighted by Crippen LogP contribution is -2.38. The zero-order chi connectivity index (χ0) is 13.1. The van der Waals surface area contributed by atoms with Crippen LogP contribution in [0.25, 0.3) is 0 Å². The van der Waals surface area contributed by atoms with Gasteiger partial charge in [-0.1, -0.05) is 0 Å². The standard InChI is InChI=1S/C13H21N3O2/c1-15(8-10-6-12(17)7-10)4-5-16-9-11(14)2-3-13(16)18/h2-3,9-10,12,17H,4-8,14H2,1H3. The maximum absolute atomic E-state index is 11.6. The molecular weight excluding hydrogens is 230 g/mol. The number of pyridine rings is 1. The Bertz CT molecular complexity index is 452. The van der Waals surface area contributed by atoms with Gasteiger partial charge in [-0.2, -0.15) is 0 Å². The van der Waals surface area contributed by atoms with Gasteiger partial charge < -0.3 is 20.3 Å². The van der Waals surface area contributed by atoms with Crippen LogP contribution in [0.1, 0.15) is 12.8 Å². The number of anilines is 1. The van der Waals surface area contributed by atoms with Crippen LogP contribution in [0.3, 0.4) is 0 Å². The third-order valence-corrected chi connectivity index (χ3v) is 3.51. The fraction of sp³-hybridized carbons (Fsp3) is 0.615. The predicted molar refractivity (Wildman–Crippen MR) is 71.3 cm³/mol. The first-order valence-electron chi connectivity index (χ1n) is 6.37. The van der Waals surface area contributed by atoms with Crippen molar-refractivity contribution in [2.75, 3.05) is 25.9 Å². The van der Waals surface area contributed by atoms with Gasteiger partial charge in [0.05, 0.1) is 6.10 Å². The molecule has 0 bridgehead atoms. The van der Waals surface area contributed by atoms with E-state index in [-0.39, 0.29) is 11.7 Å². The zero-order valence-electron chi connectivity index (χ0n) is 10.7. The average Bonchev–Trinajstić information content (AvgIpc) is 2.28. The van der Waals surface area contributed by atoms with Crippen molar-refractivity contribution in [3.8, 4) is 0 Å². The van der Waals surface area contributed by atoms with Gasteiger partial charge >= 0.3 is 0 Å². The molecule has 0 radical (unpaired) electrons. The van der Waals surface area contributed by atoms with Crippen molar-refractivity contribution >= 4 is 5.69 Å². The molecule has 1 saturated carbocycles. The molecule has 0 aliphatic heterocycles. The van der Waals surface area contributed by atoms with Gasteiger partial charge in [0.2, 0.25) is 0 Å². The molecule has 0 amide bonds. The normalized spacial score (nSPS) is 23.1. The molecule has 1 aromatic heterocycles. The molecule has 0 spiro atoms. The van der Waals surface area contributed by atoms with E-state index in [4.69, 9.17) is 5.73 Å². The second-order valence-corrected chi connectivity index (χ2v) is 5.25. The summed E-state index contributed by atoms with van der Waals surface area (Å²) in [5.74, 6) is 0.600. The summed E-state index contributed by atoms with van der Waals surface area (Å²) >= 11 is 0. The topological polar surface area (TPSA) is 71.5 Å². The van der Waals surface area contributed by atoms with E-state index in [0.717, 1.165) is 25.9 Å². The molecular formula is C13H21N3O2. The summed E-state index contributed by atoms with van der Waals surface area (Å²) in [5, 5.41) is 9.23. The Kier molecular flexibility index (Phi) is 4.04. The van der Waals surface area contributed by atoms with E-state index in [1.807, 2.05) is 7.05 Å². The average molecular weight is 251 g/mol. The van der Waals surface area contributed by atoms with E-state index in [0.29, 0.717) is 18.2 Å². The largest absolute Gasteiger partial charge is 0.398 e. The molecule has 5 heteroatoms. The minimum Gasteiger partial charge on any atom is -0.398 e. The molecule has 5 nitrogen and oxygen atoms in total. The van der Waals surface area contributed by atoms with Gasteiger partial charge in [-0.15, -0.1) is 0 Å². The Morgan fingerprint density at radius 2 is 2.22 bits per heavy atom. The molecule has 18 heavy (non-hydrogen) atoms. The molecule has 2 rings (SSSR count). The van der Waals surface area contributed by atoms with E-state index in [1.165, 1.54) is 6.07 Å². The maximum Gasteiger partial charge on any atom is 0.250 e. The number of rotatable bonds is 5. The van der Waals surface area contributed by atoms with Gasteiger partial charge in [-0.3, -0.25) is 4.79 Å². The minimum absolute atomic E-state index is 0.0170. The predicted octanol–water partition coefficient (Wildman–Crippen LogP) is 0.133. The van der Waals surface area contributed by atoms with Crippen molar-refractivity contribution < 1.29 is 5.11 Å². The van der Waals surface area contributed by atoms with Crippen LogP contribution in [0.4, 0.5) is 5.69 Å². The molecule has 0 unspecified atom stereocenters. The van der Waals surface area contributed by atoms with Crippen LogP contribution in [-0.2, 0) is 6.54 Å². The number of nitrogen functional groups attached to an aromatic ring is 1. The van der Waals surface area contributed by atoms with Gasteiger partial charge in [-0.25, -0.2) is 0 Å². The Hall–Kier alpha value is -1.33. The van der Waals surface area contributed by atoms with Crippen LogP contribution in [0, 0.1) is 5.92 Å². The second kappa shape index (κ2) is 5.54. The molecule has 1 aliphatic carbocycles. The summed E-state index contributed by atoms with van der Waals surface area (Å²) in [6.07, 6.45) is 3.40. The highest BCUT2D eigenvalue weighted by molar-refractivity contribution is 5.33. The monoisotopic (exact) mass is 251 g/mol. The summed E-state index contributed by atoms with van der Waals surface area (Å²) in [4.78, 5) is 13.8. The summed E-state index contributed by atoms with van der Waals surface area (Å²) in [5.41, 5.74) is 6.25. The van der Waals surface area contributed by atoms with E-state index < -0.39 is 0 Å². The smallest absolute Gasteiger partial charge is 0.250 e. The Morgan fingerprint density at radius 1 is 1.50 bits per heavy atom. The van der Waals surface area contributed by atoms with Crippen molar-refractivity contribution in [2.24, 2.45) is 5.92 Å². The first kappa shape index (κ1) is 13.1. The maximum atomic E-state index is 11.6. The molecule has 1 heterocycles. The number of likely N-dealkylation sites (N-methyl/N-ethyl adjacent to an activating group) is 1. The van der Waals surface area contributed by atoms with E-state index in [2.05, 4.69) is 4.90 Å². The number of aromatic nitrogens is 1. The molecule has 1 aromatic rings. The molecule has 1 fully saturated rings. The molecule has 0 saturated heterocycles. The number of aliphatic hydroxyl groups is 1. The highest BCUT2D eigenvalue weighted by Crippen LogP contribution is 2.27. The van der Waals surface area contributed by atoms with Crippen LogP contribution in [-0.4, -0.2) is 40.8 Å². The highest BCUT2D eigenvalue weighted by atomic mass is 16.3. The summed E-state index contributed by atoms with van der Waals surface area (Å²) in [6.45, 7) is 2.44. The van der Waals surface area contributed by atoms with Gasteiger partial charge in [-0.05, 0) is 31.9 Å². The first-order chi connectivity index (χ1) is 8.54. The first-order valence-corrected chi connectivity index (χ1v) is 6.37. The minimum atomic E-state index is -0.0973. The number of nitrogens with zero attached hydrogens (tertiary/aromatic N) is 2. The summed E-state index contributed by atoms with van der Waals surface area (Å²) in [6, 6.07) is 3.12. The number of nitrogens with two attached hydrogens (primary N) is 1. The fourth-order valence-corrected chi connectivity index (χ4v) is 2.38. The van der Waals surface area contributed by atoms with Crippen LogP contribution < -0.4 is 11.3 Å². The molecule has 0 aromatic carbocycles. The lowest BCUT2D eigenvalue weighted by Gasteiger charge is -2.34. The van der Waals surface area contributed by atoms with Crippen molar-refractivity contribution in [3.05, 3.63) is 28.7 Å². The number of hydrogen-bond acceptors (Lipinski definition) is 4. The van der Waals surface area contributed by atoms with Crippen LogP contribution in [0.2, 0.25) is 0 Å². The van der Waals surface area contributed by atoms with Crippen LogP contribution >= 0.6 is 0 Å². The Labute approximate surface area is 107 Å². The fourth-order valence-electron chi connectivity index (χ4n) is 2.38. The lowest BCUT2D eigenvalue weighted by atomic mass is 9.82. The van der Waals surface area contributed by atoms with Crippen LogP contribution in [0.5, 0.6) is 0 Å². The van der Waals surface area contributed by atoms with Crippen LogP contribution in [0.15, 0.2) is 23.1 Å². The zero-order valence-corrected chi connectivity index (χ0v) is 10.7. The quantitative estimate of drug-likeness (QED) is 0.780. The van der Waals surface area contributed by atoms with Crippen molar-refractivity contribution in [1.29, 1.82) is 0 Å². The lowest BCUT2D eigenvalue weighted by molar-refractivity contribution is 0.0279.